The van der Waals surface area contributed by atoms with Gasteiger partial charge in [-0.15, -0.1) is 0 Å². The zero-order valence-electron chi connectivity index (χ0n) is 6.10. The molecule has 0 aromatic rings. The molecular formula is C5H10I2NO3-. The molecule has 68 valence electrons. The van der Waals surface area contributed by atoms with E-state index in [0.29, 0.717) is 17.8 Å². The third-order valence-electron chi connectivity index (χ3n) is 0.705. The second-order valence-corrected chi connectivity index (χ2v) is 4.42. The van der Waals surface area contributed by atoms with Crippen LogP contribution in [0.5, 0.6) is 0 Å². The van der Waals surface area contributed by atoms with Gasteiger partial charge in [0.1, 0.15) is 0 Å². The minimum absolute atomic E-state index is 0.00857. The number of amides is 1. The fraction of sp³-hybridized carbons (Fsp3) is 0.800. The van der Waals surface area contributed by atoms with Crippen LogP contribution in [-0.2, 0) is 9.47 Å². The van der Waals surface area contributed by atoms with Gasteiger partial charge in [0.15, 0.2) is 0 Å². The Morgan fingerprint density at radius 1 is 1.64 bits per heavy atom. The van der Waals surface area contributed by atoms with Crippen molar-refractivity contribution < 1.29 is 35.7 Å². The molecule has 4 nitrogen and oxygen atoms in total. The van der Waals surface area contributed by atoms with E-state index < -0.39 is 0 Å². The predicted octanol–water partition coefficient (Wildman–Crippen LogP) is -2.24. The molecule has 11 heavy (non-hydrogen) atoms. The Bertz CT molecular complexity index is 112. The van der Waals surface area contributed by atoms with E-state index >= 15 is 0 Å². The third-order valence-corrected chi connectivity index (χ3v) is 3.63. The molecule has 1 amide bonds. The first-order chi connectivity index (χ1) is 5.27. The Morgan fingerprint density at radius 2 is 2.36 bits per heavy atom. The zero-order chi connectivity index (χ0) is 8.53. The second-order valence-electron chi connectivity index (χ2n) is 1.51. The average Bonchev–Trinajstić information content (AvgIpc) is 1.96. The fourth-order valence-corrected chi connectivity index (χ4v) is 2.27. The molecule has 6 heteroatoms. The van der Waals surface area contributed by atoms with Crippen molar-refractivity contribution in [3.63, 3.8) is 0 Å². The maximum atomic E-state index is 10.4. The van der Waals surface area contributed by atoms with Crippen LogP contribution in [0.4, 0.5) is 4.79 Å². The molecule has 0 unspecified atom stereocenters. The van der Waals surface area contributed by atoms with Crippen molar-refractivity contribution in [1.82, 2.24) is 3.53 Å². The average molecular weight is 386 g/mol. The first-order valence-corrected chi connectivity index (χ1v) is 6.56. The Kier molecular flexibility index (Phi) is 9.63. The van der Waals surface area contributed by atoms with Crippen molar-refractivity contribution in [2.75, 3.05) is 24.9 Å². The van der Waals surface area contributed by atoms with Crippen LogP contribution in [0.25, 0.3) is 0 Å². The van der Waals surface area contributed by atoms with Crippen LogP contribution in [0, 0.1) is 0 Å². The molecule has 0 aliphatic rings. The van der Waals surface area contributed by atoms with E-state index in [1.807, 2.05) is 0 Å². The molecule has 0 bridgehead atoms. The standard InChI is InChI=1S/C5H10I2NO3/c1-10-2-3-11-4-7-8-5(6)9/h2-4H2,1H3,(H,8,9)/q-1. The number of rotatable bonds is 6. The summed E-state index contributed by atoms with van der Waals surface area (Å²) in [6.45, 7) is 1.22. The van der Waals surface area contributed by atoms with E-state index in [0.717, 1.165) is 0 Å². The molecule has 0 aliphatic heterocycles. The van der Waals surface area contributed by atoms with Gasteiger partial charge in [0.2, 0.25) is 0 Å². The van der Waals surface area contributed by atoms with Crippen LogP contribution in [0.15, 0.2) is 0 Å². The Labute approximate surface area is 90.1 Å². The fourth-order valence-electron chi connectivity index (χ4n) is 0.315. The van der Waals surface area contributed by atoms with Gasteiger partial charge in [0.25, 0.3) is 0 Å². The molecule has 0 aromatic carbocycles. The number of hydrogen-bond donors (Lipinski definition) is 1. The Morgan fingerprint density at radius 3 is 2.91 bits per heavy atom. The SMILES string of the molecule is COCCOC[I-]NC(=O)I. The normalized spacial score (nSPS) is 10.0. The van der Waals surface area contributed by atoms with Gasteiger partial charge in [0, 0.05) is 0 Å². The second kappa shape index (κ2) is 8.94. The molecule has 0 atom stereocenters. The van der Waals surface area contributed by atoms with Gasteiger partial charge in [0.05, 0.1) is 0 Å². The van der Waals surface area contributed by atoms with Crippen molar-refractivity contribution in [3.05, 3.63) is 0 Å². The Hall–Kier alpha value is 0.850. The summed E-state index contributed by atoms with van der Waals surface area (Å²) in [7, 11) is 1.63. The number of halogens is 2. The first kappa shape index (κ1) is 11.8. The summed E-state index contributed by atoms with van der Waals surface area (Å²) in [5.74, 6) is 0. The molecule has 0 aliphatic carbocycles. The molecule has 1 N–H and O–H groups in total. The number of hydrogen-bond acceptors (Lipinski definition) is 3. The molecule has 0 heterocycles. The van der Waals surface area contributed by atoms with Crippen LogP contribution in [0.2, 0.25) is 0 Å². The van der Waals surface area contributed by atoms with Gasteiger partial charge in [-0.2, -0.15) is 0 Å². The number of alkyl halides is 1. The van der Waals surface area contributed by atoms with Crippen molar-refractivity contribution in [2.24, 2.45) is 0 Å². The summed E-state index contributed by atoms with van der Waals surface area (Å²) in [5, 5.41) is 0. The van der Waals surface area contributed by atoms with Crippen molar-refractivity contribution in [2.45, 2.75) is 0 Å². The van der Waals surface area contributed by atoms with Crippen LogP contribution in [-0.4, -0.2) is 28.9 Å². The number of carbonyl (C=O) groups is 1. The van der Waals surface area contributed by atoms with Gasteiger partial charge in [-0.25, -0.2) is 0 Å². The van der Waals surface area contributed by atoms with E-state index in [2.05, 4.69) is 3.53 Å². The number of carbonyl (C=O) groups excluding carboxylic acids is 1. The number of methoxy groups -OCH3 is 1. The van der Waals surface area contributed by atoms with E-state index in [-0.39, 0.29) is 25.4 Å². The summed E-state index contributed by atoms with van der Waals surface area (Å²) in [6.07, 6.45) is 0. The summed E-state index contributed by atoms with van der Waals surface area (Å²) >= 11 is 1.39. The van der Waals surface area contributed by atoms with Gasteiger partial charge in [-0.05, 0) is 0 Å². The first-order valence-electron chi connectivity index (χ1n) is 2.87. The van der Waals surface area contributed by atoms with Crippen LogP contribution >= 0.6 is 22.6 Å². The van der Waals surface area contributed by atoms with Gasteiger partial charge in [-0.3, -0.25) is 0 Å². The number of ether oxygens (including phenoxy) is 2. The molecule has 0 radical (unpaired) electrons. The molecule has 0 saturated carbocycles. The summed E-state index contributed by atoms with van der Waals surface area (Å²) < 4.78 is 13.3. The van der Waals surface area contributed by atoms with Crippen molar-refractivity contribution >= 4 is 26.5 Å². The monoisotopic (exact) mass is 386 g/mol. The molecule has 0 rings (SSSR count). The van der Waals surface area contributed by atoms with E-state index in [4.69, 9.17) is 9.47 Å². The van der Waals surface area contributed by atoms with Gasteiger partial charge >= 0.3 is 90.7 Å². The van der Waals surface area contributed by atoms with Crippen molar-refractivity contribution in [3.8, 4) is 0 Å². The maximum absolute atomic E-state index is 10.4. The predicted molar refractivity (Wildman–Crippen MR) is 45.2 cm³/mol. The van der Waals surface area contributed by atoms with E-state index in [1.165, 1.54) is 0 Å². The molecule has 0 saturated heterocycles. The van der Waals surface area contributed by atoms with E-state index in [9.17, 15) is 4.79 Å². The molecule has 0 spiro atoms. The van der Waals surface area contributed by atoms with Crippen LogP contribution in [0.1, 0.15) is 0 Å². The third kappa shape index (κ3) is 10.8. The molecule has 0 aromatic heterocycles. The van der Waals surface area contributed by atoms with Crippen LogP contribution < -0.4 is 25.0 Å². The molecular weight excluding hydrogens is 376 g/mol. The van der Waals surface area contributed by atoms with Gasteiger partial charge in [-0.1, -0.05) is 0 Å². The zero-order valence-corrected chi connectivity index (χ0v) is 10.4. The quantitative estimate of drug-likeness (QED) is 0.140. The Balaban J connectivity index is 2.85. The molecule has 0 fully saturated rings. The van der Waals surface area contributed by atoms with Crippen molar-refractivity contribution in [1.29, 1.82) is 0 Å². The number of nitrogens with one attached hydrogen (secondary N) is 1. The van der Waals surface area contributed by atoms with Crippen LogP contribution in [0.3, 0.4) is 0 Å². The minimum atomic E-state index is -0.318. The summed E-state index contributed by atoms with van der Waals surface area (Å²) in [6, 6.07) is 0. The topological polar surface area (TPSA) is 47.6 Å². The summed E-state index contributed by atoms with van der Waals surface area (Å²) in [4.78, 5) is 10.4. The summed E-state index contributed by atoms with van der Waals surface area (Å²) in [5.41, 5.74) is 0. The van der Waals surface area contributed by atoms with E-state index in [1.54, 1.807) is 29.7 Å². The van der Waals surface area contributed by atoms with Gasteiger partial charge < -0.3 is 0 Å².